The molecule has 1 aromatic rings. The minimum Gasteiger partial charge on any atom is -0.465 e. The maximum atomic E-state index is 11.9. The van der Waals surface area contributed by atoms with E-state index in [4.69, 9.17) is 4.74 Å². The third-order valence-electron chi connectivity index (χ3n) is 2.86. The van der Waals surface area contributed by atoms with Crippen LogP contribution in [0.2, 0.25) is 0 Å². The van der Waals surface area contributed by atoms with Crippen molar-refractivity contribution >= 4 is 17.8 Å². The van der Waals surface area contributed by atoms with Crippen LogP contribution in [-0.4, -0.2) is 52.5 Å². The fraction of sp³-hybridized carbons (Fsp3) is 0.538. The van der Waals surface area contributed by atoms with Crippen LogP contribution in [-0.2, 0) is 14.3 Å². The molecule has 0 radical (unpaired) electrons. The van der Waals surface area contributed by atoms with Crippen LogP contribution in [0.1, 0.15) is 19.8 Å². The molecular formula is C13H18N4O3. The van der Waals surface area contributed by atoms with Gasteiger partial charge in [0.1, 0.15) is 0 Å². The molecule has 20 heavy (non-hydrogen) atoms. The van der Waals surface area contributed by atoms with Crippen LogP contribution in [0.15, 0.2) is 18.5 Å². The molecule has 1 saturated carbocycles. The van der Waals surface area contributed by atoms with Crippen molar-refractivity contribution in [1.29, 1.82) is 0 Å². The van der Waals surface area contributed by atoms with Gasteiger partial charge in [-0.3, -0.25) is 19.8 Å². The first-order chi connectivity index (χ1) is 9.69. The van der Waals surface area contributed by atoms with Crippen molar-refractivity contribution in [2.75, 3.05) is 25.0 Å². The van der Waals surface area contributed by atoms with Crippen molar-refractivity contribution in [3.8, 4) is 0 Å². The van der Waals surface area contributed by atoms with E-state index in [0.717, 1.165) is 12.8 Å². The molecule has 1 aromatic heterocycles. The number of rotatable bonds is 7. The minimum absolute atomic E-state index is 0.140. The third-order valence-corrected chi connectivity index (χ3v) is 2.86. The van der Waals surface area contributed by atoms with Gasteiger partial charge in [0.2, 0.25) is 11.9 Å². The Morgan fingerprint density at radius 3 is 2.65 bits per heavy atom. The lowest BCUT2D eigenvalue weighted by Gasteiger charge is -2.19. The van der Waals surface area contributed by atoms with Gasteiger partial charge in [-0.2, -0.15) is 0 Å². The van der Waals surface area contributed by atoms with E-state index >= 15 is 0 Å². The lowest BCUT2D eigenvalue weighted by molar-refractivity contribution is -0.144. The Morgan fingerprint density at radius 2 is 2.05 bits per heavy atom. The van der Waals surface area contributed by atoms with Gasteiger partial charge in [0.05, 0.1) is 19.7 Å². The second kappa shape index (κ2) is 6.95. The molecule has 0 unspecified atom stereocenters. The van der Waals surface area contributed by atoms with Gasteiger partial charge >= 0.3 is 5.97 Å². The molecule has 1 amide bonds. The van der Waals surface area contributed by atoms with Crippen molar-refractivity contribution in [1.82, 2.24) is 14.9 Å². The summed E-state index contributed by atoms with van der Waals surface area (Å²) in [7, 11) is 0. The summed E-state index contributed by atoms with van der Waals surface area (Å²) >= 11 is 0. The van der Waals surface area contributed by atoms with E-state index in [1.807, 2.05) is 4.90 Å². The zero-order chi connectivity index (χ0) is 14.4. The molecule has 0 spiro atoms. The number of aromatic nitrogens is 2. The smallest absolute Gasteiger partial charge is 0.320 e. The van der Waals surface area contributed by atoms with Gasteiger partial charge < -0.3 is 4.74 Å². The molecule has 108 valence electrons. The van der Waals surface area contributed by atoms with Crippen molar-refractivity contribution in [3.63, 3.8) is 0 Å². The Hall–Kier alpha value is -2.02. The molecule has 2 rings (SSSR count). The molecular weight excluding hydrogens is 260 g/mol. The van der Waals surface area contributed by atoms with Crippen LogP contribution in [0, 0.1) is 0 Å². The lowest BCUT2D eigenvalue weighted by atomic mass is 10.4. The lowest BCUT2D eigenvalue weighted by Crippen LogP contribution is -2.39. The quantitative estimate of drug-likeness (QED) is 0.729. The normalized spacial score (nSPS) is 14.1. The van der Waals surface area contributed by atoms with Gasteiger partial charge in [0.15, 0.2) is 0 Å². The number of carbonyl (C=O) groups excluding carboxylic acids is 2. The van der Waals surface area contributed by atoms with Gasteiger partial charge in [-0.1, -0.05) is 0 Å². The number of nitrogens with zero attached hydrogens (tertiary/aromatic N) is 3. The number of hydrogen-bond acceptors (Lipinski definition) is 6. The highest BCUT2D eigenvalue weighted by atomic mass is 16.5. The number of amides is 1. The van der Waals surface area contributed by atoms with E-state index < -0.39 is 0 Å². The van der Waals surface area contributed by atoms with Crippen LogP contribution < -0.4 is 5.32 Å². The van der Waals surface area contributed by atoms with Crippen LogP contribution >= 0.6 is 0 Å². The second-order valence-electron chi connectivity index (χ2n) is 4.56. The molecule has 1 aliphatic rings. The SMILES string of the molecule is CCOC(=O)CN(CC(=O)Nc1ncccn1)C1CC1. The Kier molecular flexibility index (Phi) is 5.00. The average Bonchev–Trinajstić information content (AvgIpc) is 3.23. The summed E-state index contributed by atoms with van der Waals surface area (Å²) in [6.45, 7) is 2.39. The largest absolute Gasteiger partial charge is 0.465 e. The first kappa shape index (κ1) is 14.4. The van der Waals surface area contributed by atoms with Gasteiger partial charge in [0, 0.05) is 18.4 Å². The van der Waals surface area contributed by atoms with Crippen LogP contribution in [0.3, 0.4) is 0 Å². The van der Waals surface area contributed by atoms with E-state index in [-0.39, 0.29) is 30.9 Å². The van der Waals surface area contributed by atoms with Crippen LogP contribution in [0.5, 0.6) is 0 Å². The average molecular weight is 278 g/mol. The highest BCUT2D eigenvalue weighted by Crippen LogP contribution is 2.26. The Morgan fingerprint density at radius 1 is 1.35 bits per heavy atom. The highest BCUT2D eigenvalue weighted by Gasteiger charge is 2.32. The summed E-state index contributed by atoms with van der Waals surface area (Å²) in [6.07, 6.45) is 5.13. The molecule has 1 fully saturated rings. The minimum atomic E-state index is -0.303. The molecule has 7 heteroatoms. The summed E-state index contributed by atoms with van der Waals surface area (Å²) < 4.78 is 4.91. The number of esters is 1. The zero-order valence-corrected chi connectivity index (χ0v) is 11.4. The van der Waals surface area contributed by atoms with Gasteiger partial charge in [-0.15, -0.1) is 0 Å². The molecule has 1 aliphatic carbocycles. The molecule has 1 N–H and O–H groups in total. The van der Waals surface area contributed by atoms with E-state index in [1.54, 1.807) is 25.4 Å². The summed E-state index contributed by atoms with van der Waals surface area (Å²) in [4.78, 5) is 33.1. The predicted molar refractivity (Wildman–Crippen MR) is 71.9 cm³/mol. The number of anilines is 1. The predicted octanol–water partition coefficient (Wildman–Crippen LogP) is 0.443. The monoisotopic (exact) mass is 278 g/mol. The van der Waals surface area contributed by atoms with Gasteiger partial charge in [-0.05, 0) is 25.8 Å². The summed E-state index contributed by atoms with van der Waals surface area (Å²) in [5, 5.41) is 2.61. The van der Waals surface area contributed by atoms with E-state index in [1.165, 1.54) is 0 Å². The van der Waals surface area contributed by atoms with Gasteiger partial charge in [-0.25, -0.2) is 9.97 Å². The third kappa shape index (κ3) is 4.58. The molecule has 0 aromatic carbocycles. The van der Waals surface area contributed by atoms with Crippen LogP contribution in [0.25, 0.3) is 0 Å². The first-order valence-corrected chi connectivity index (χ1v) is 6.65. The Bertz CT molecular complexity index is 462. The molecule has 0 aliphatic heterocycles. The summed E-state index contributed by atoms with van der Waals surface area (Å²) in [5.41, 5.74) is 0. The molecule has 0 atom stereocenters. The second-order valence-corrected chi connectivity index (χ2v) is 4.56. The maximum Gasteiger partial charge on any atom is 0.320 e. The fourth-order valence-corrected chi connectivity index (χ4v) is 1.84. The van der Waals surface area contributed by atoms with Crippen LogP contribution in [0.4, 0.5) is 5.95 Å². The molecule has 7 nitrogen and oxygen atoms in total. The van der Waals surface area contributed by atoms with Crippen molar-refractivity contribution < 1.29 is 14.3 Å². The zero-order valence-electron chi connectivity index (χ0n) is 11.4. The number of hydrogen-bond donors (Lipinski definition) is 1. The number of carbonyl (C=O) groups is 2. The number of nitrogens with one attached hydrogen (secondary N) is 1. The fourth-order valence-electron chi connectivity index (χ4n) is 1.84. The summed E-state index contributed by atoms with van der Waals surface area (Å²) in [6, 6.07) is 1.97. The van der Waals surface area contributed by atoms with E-state index in [0.29, 0.717) is 12.6 Å². The first-order valence-electron chi connectivity index (χ1n) is 6.65. The van der Waals surface area contributed by atoms with Gasteiger partial charge in [0.25, 0.3) is 0 Å². The molecule has 0 bridgehead atoms. The van der Waals surface area contributed by atoms with E-state index in [9.17, 15) is 9.59 Å². The number of ether oxygens (including phenoxy) is 1. The maximum absolute atomic E-state index is 11.9. The highest BCUT2D eigenvalue weighted by molar-refractivity contribution is 5.90. The molecule has 1 heterocycles. The topological polar surface area (TPSA) is 84.4 Å². The molecule has 0 saturated heterocycles. The van der Waals surface area contributed by atoms with Crippen molar-refractivity contribution in [3.05, 3.63) is 18.5 Å². The van der Waals surface area contributed by atoms with E-state index in [2.05, 4.69) is 15.3 Å². The standard InChI is InChI=1S/C13H18N4O3/c1-2-20-12(19)9-17(10-4-5-10)8-11(18)16-13-14-6-3-7-15-13/h3,6-7,10H,2,4-5,8-9H2,1H3,(H,14,15,16,18). The summed E-state index contributed by atoms with van der Waals surface area (Å²) in [5.74, 6) is -0.264. The Labute approximate surface area is 117 Å². The van der Waals surface area contributed by atoms with Crippen molar-refractivity contribution in [2.24, 2.45) is 0 Å². The van der Waals surface area contributed by atoms with Crippen molar-refractivity contribution in [2.45, 2.75) is 25.8 Å². The Balaban J connectivity index is 1.84.